The molecule has 0 amide bonds. The number of nitrogens with two attached hydrogens (primary N) is 1. The summed E-state index contributed by atoms with van der Waals surface area (Å²) < 4.78 is 13.4. The summed E-state index contributed by atoms with van der Waals surface area (Å²) in [4.78, 5) is 2.05. The zero-order chi connectivity index (χ0) is 15.4. The van der Waals surface area contributed by atoms with E-state index in [1.165, 1.54) is 6.07 Å². The smallest absolute Gasteiger partial charge is 0.123 e. The Kier molecular flexibility index (Phi) is 4.94. The predicted molar refractivity (Wildman–Crippen MR) is 85.7 cm³/mol. The largest absolute Gasteiger partial charge is 0.378 e. The number of rotatable bonds is 5. The molecule has 0 heterocycles. The van der Waals surface area contributed by atoms with Gasteiger partial charge >= 0.3 is 0 Å². The maximum atomic E-state index is 13.4. The molecular weight excluding hydrogens is 265 g/mol. The lowest BCUT2D eigenvalue weighted by Crippen LogP contribution is -2.30. The number of hydrazine groups is 1. The molecule has 0 saturated heterocycles. The summed E-state index contributed by atoms with van der Waals surface area (Å²) in [6.45, 7) is 1.98. The second-order valence-corrected chi connectivity index (χ2v) is 5.48. The van der Waals surface area contributed by atoms with Crippen molar-refractivity contribution in [3.05, 3.63) is 65.0 Å². The maximum absolute atomic E-state index is 13.4. The molecule has 0 aliphatic carbocycles. The van der Waals surface area contributed by atoms with Crippen molar-refractivity contribution in [3.8, 4) is 0 Å². The van der Waals surface area contributed by atoms with Gasteiger partial charge in [0.25, 0.3) is 0 Å². The SMILES string of the molecule is Cc1ccc(F)cc1CC(NN)c1cccc(N(C)C)c1. The van der Waals surface area contributed by atoms with Crippen LogP contribution in [0.5, 0.6) is 0 Å². The standard InChI is InChI=1S/C17H22FN3/c1-12-7-8-15(18)9-14(12)11-17(20-19)13-5-4-6-16(10-13)21(2)3/h4-10,17,20H,11,19H2,1-3H3. The molecule has 1 unspecified atom stereocenters. The molecule has 3 N–H and O–H groups in total. The second-order valence-electron chi connectivity index (χ2n) is 5.48. The van der Waals surface area contributed by atoms with E-state index in [-0.39, 0.29) is 11.9 Å². The third-order valence-corrected chi connectivity index (χ3v) is 3.73. The summed E-state index contributed by atoms with van der Waals surface area (Å²) >= 11 is 0. The summed E-state index contributed by atoms with van der Waals surface area (Å²) in [6.07, 6.45) is 0.650. The van der Waals surface area contributed by atoms with E-state index in [4.69, 9.17) is 5.84 Å². The average molecular weight is 287 g/mol. The minimum Gasteiger partial charge on any atom is -0.378 e. The van der Waals surface area contributed by atoms with Gasteiger partial charge in [-0.15, -0.1) is 0 Å². The van der Waals surface area contributed by atoms with Crippen LogP contribution in [0.15, 0.2) is 42.5 Å². The molecule has 2 aromatic rings. The van der Waals surface area contributed by atoms with Crippen molar-refractivity contribution in [1.29, 1.82) is 0 Å². The highest BCUT2D eigenvalue weighted by molar-refractivity contribution is 5.48. The highest BCUT2D eigenvalue weighted by Crippen LogP contribution is 2.23. The minimum absolute atomic E-state index is 0.0506. The van der Waals surface area contributed by atoms with Crippen LogP contribution in [0, 0.1) is 12.7 Å². The summed E-state index contributed by atoms with van der Waals surface area (Å²) in [5, 5.41) is 0. The van der Waals surface area contributed by atoms with Crippen LogP contribution in [0.1, 0.15) is 22.7 Å². The Morgan fingerprint density at radius 2 is 1.95 bits per heavy atom. The number of halogens is 1. The van der Waals surface area contributed by atoms with Gasteiger partial charge in [0.2, 0.25) is 0 Å². The predicted octanol–water partition coefficient (Wildman–Crippen LogP) is 2.95. The van der Waals surface area contributed by atoms with Crippen molar-refractivity contribution >= 4 is 5.69 Å². The van der Waals surface area contributed by atoms with Gasteiger partial charge in [0.15, 0.2) is 0 Å². The van der Waals surface area contributed by atoms with Gasteiger partial charge < -0.3 is 4.90 Å². The van der Waals surface area contributed by atoms with E-state index in [0.29, 0.717) is 6.42 Å². The van der Waals surface area contributed by atoms with Crippen LogP contribution in [-0.2, 0) is 6.42 Å². The van der Waals surface area contributed by atoms with Crippen molar-refractivity contribution in [2.75, 3.05) is 19.0 Å². The second kappa shape index (κ2) is 6.70. The highest BCUT2D eigenvalue weighted by atomic mass is 19.1. The van der Waals surface area contributed by atoms with E-state index in [9.17, 15) is 4.39 Å². The molecule has 0 radical (unpaired) electrons. The van der Waals surface area contributed by atoms with E-state index in [0.717, 1.165) is 22.4 Å². The van der Waals surface area contributed by atoms with Crippen LogP contribution < -0.4 is 16.2 Å². The fourth-order valence-corrected chi connectivity index (χ4v) is 2.37. The highest BCUT2D eigenvalue weighted by Gasteiger charge is 2.13. The monoisotopic (exact) mass is 287 g/mol. The zero-order valence-electron chi connectivity index (χ0n) is 12.7. The number of anilines is 1. The van der Waals surface area contributed by atoms with E-state index in [2.05, 4.69) is 11.5 Å². The van der Waals surface area contributed by atoms with E-state index in [1.54, 1.807) is 12.1 Å². The molecule has 0 bridgehead atoms. The fourth-order valence-electron chi connectivity index (χ4n) is 2.37. The first kappa shape index (κ1) is 15.5. The topological polar surface area (TPSA) is 41.3 Å². The first-order valence-electron chi connectivity index (χ1n) is 6.99. The fraction of sp³-hybridized carbons (Fsp3) is 0.294. The first-order chi connectivity index (χ1) is 10.0. The maximum Gasteiger partial charge on any atom is 0.123 e. The molecule has 21 heavy (non-hydrogen) atoms. The van der Waals surface area contributed by atoms with Crippen molar-refractivity contribution in [2.45, 2.75) is 19.4 Å². The molecule has 2 rings (SSSR count). The lowest BCUT2D eigenvalue weighted by Gasteiger charge is -2.20. The number of nitrogens with zero attached hydrogens (tertiary/aromatic N) is 1. The molecule has 4 heteroatoms. The Morgan fingerprint density at radius 1 is 1.19 bits per heavy atom. The van der Waals surface area contributed by atoms with E-state index in [1.807, 2.05) is 44.1 Å². The van der Waals surface area contributed by atoms with Gasteiger partial charge in [0.1, 0.15) is 5.82 Å². The van der Waals surface area contributed by atoms with Gasteiger partial charge in [-0.05, 0) is 54.3 Å². The van der Waals surface area contributed by atoms with Crippen molar-refractivity contribution in [2.24, 2.45) is 5.84 Å². The number of aryl methyl sites for hydroxylation is 1. The molecule has 0 aliphatic rings. The molecule has 2 aromatic carbocycles. The lowest BCUT2D eigenvalue weighted by molar-refractivity contribution is 0.547. The Morgan fingerprint density at radius 3 is 2.62 bits per heavy atom. The van der Waals surface area contributed by atoms with Gasteiger partial charge in [-0.3, -0.25) is 11.3 Å². The van der Waals surface area contributed by atoms with Gasteiger partial charge in [-0.25, -0.2) is 4.39 Å². The van der Waals surface area contributed by atoms with Crippen LogP contribution >= 0.6 is 0 Å². The molecule has 0 aliphatic heterocycles. The Labute approximate surface area is 125 Å². The quantitative estimate of drug-likeness (QED) is 0.656. The number of hydrogen-bond donors (Lipinski definition) is 2. The van der Waals surface area contributed by atoms with Crippen molar-refractivity contribution < 1.29 is 4.39 Å². The third kappa shape index (κ3) is 3.80. The molecular formula is C17H22FN3. The molecule has 0 fully saturated rings. The summed E-state index contributed by atoms with van der Waals surface area (Å²) in [5.74, 6) is 5.50. The number of hydrogen-bond acceptors (Lipinski definition) is 3. The Hall–Kier alpha value is -1.91. The van der Waals surface area contributed by atoms with Crippen LogP contribution in [-0.4, -0.2) is 14.1 Å². The molecule has 0 aromatic heterocycles. The van der Waals surface area contributed by atoms with Crippen molar-refractivity contribution in [3.63, 3.8) is 0 Å². The van der Waals surface area contributed by atoms with Gasteiger partial charge in [-0.2, -0.15) is 0 Å². The van der Waals surface area contributed by atoms with E-state index >= 15 is 0 Å². The number of benzene rings is 2. The van der Waals surface area contributed by atoms with Crippen molar-refractivity contribution in [1.82, 2.24) is 5.43 Å². The average Bonchev–Trinajstić information content (AvgIpc) is 2.48. The zero-order valence-corrected chi connectivity index (χ0v) is 12.7. The molecule has 112 valence electrons. The molecule has 0 spiro atoms. The third-order valence-electron chi connectivity index (χ3n) is 3.73. The lowest BCUT2D eigenvalue weighted by atomic mass is 9.96. The van der Waals surface area contributed by atoms with Gasteiger partial charge in [-0.1, -0.05) is 18.2 Å². The van der Waals surface area contributed by atoms with Crippen LogP contribution in [0.2, 0.25) is 0 Å². The van der Waals surface area contributed by atoms with Gasteiger partial charge in [0.05, 0.1) is 6.04 Å². The normalized spacial score (nSPS) is 12.2. The molecule has 1 atom stereocenters. The molecule has 3 nitrogen and oxygen atoms in total. The van der Waals surface area contributed by atoms with E-state index < -0.39 is 0 Å². The molecule has 0 saturated carbocycles. The summed E-state index contributed by atoms with van der Waals surface area (Å²) in [6, 6.07) is 13.0. The van der Waals surface area contributed by atoms with Crippen LogP contribution in [0.4, 0.5) is 10.1 Å². The van der Waals surface area contributed by atoms with Gasteiger partial charge in [0, 0.05) is 19.8 Å². The summed E-state index contributed by atoms with van der Waals surface area (Å²) in [5.41, 5.74) is 7.08. The first-order valence-corrected chi connectivity index (χ1v) is 6.99. The Bertz CT molecular complexity index is 611. The summed E-state index contributed by atoms with van der Waals surface area (Å²) in [7, 11) is 4.00. The Balaban J connectivity index is 2.27. The van der Waals surface area contributed by atoms with Crippen LogP contribution in [0.3, 0.4) is 0 Å². The number of nitrogens with one attached hydrogen (secondary N) is 1. The van der Waals surface area contributed by atoms with Crippen LogP contribution in [0.25, 0.3) is 0 Å². The minimum atomic E-state index is -0.214.